The SMILES string of the molecule is CN(C)c1ccc(N=Nc2c(N)c(N=Nc3cccc(S(=O)(=O)CCOS(=O)(=O)O)c3)c(N)c(N=Nc3cc(S(=O)(=O)CCOS(=O)(=O)O)ccc3CO)c2C(=O)O)c(S(=O)(=O)O)c1. The average molecular weight is 994 g/mol. The minimum absolute atomic E-state index is 0.0964. The van der Waals surface area contributed by atoms with Gasteiger partial charge in [0.15, 0.2) is 19.7 Å². The molecule has 0 unspecified atom stereocenters. The Bertz CT molecular complexity index is 3140. The van der Waals surface area contributed by atoms with Crippen molar-refractivity contribution in [1.82, 2.24) is 0 Å². The Morgan fingerprint density at radius 3 is 1.64 bits per heavy atom. The molecule has 32 heteroatoms. The summed E-state index contributed by atoms with van der Waals surface area (Å²) in [4.78, 5) is 12.7. The van der Waals surface area contributed by atoms with Gasteiger partial charge >= 0.3 is 26.8 Å². The molecule has 0 saturated heterocycles. The number of nitrogens with two attached hydrogens (primary N) is 2. The van der Waals surface area contributed by atoms with Crippen LogP contribution in [0, 0.1) is 0 Å². The summed E-state index contributed by atoms with van der Waals surface area (Å²) in [5.41, 5.74) is 7.04. The molecule has 0 bridgehead atoms. The van der Waals surface area contributed by atoms with Crippen molar-refractivity contribution in [3.05, 3.63) is 71.8 Å². The normalized spacial score (nSPS) is 13.0. The number of aliphatic hydroxyl groups is 1. The zero-order valence-electron chi connectivity index (χ0n) is 32.7. The lowest BCUT2D eigenvalue weighted by Gasteiger charge is -2.15. The van der Waals surface area contributed by atoms with E-state index in [1.807, 2.05) is 0 Å². The third-order valence-corrected chi connectivity index (χ3v) is 13.3. The summed E-state index contributed by atoms with van der Waals surface area (Å²) in [6.07, 6.45) is 0. The largest absolute Gasteiger partial charge is 0.478 e. The molecule has 4 aromatic rings. The van der Waals surface area contributed by atoms with Gasteiger partial charge in [-0.25, -0.2) is 30.0 Å². The number of carboxylic acid groups (broad SMARTS) is 1. The first-order chi connectivity index (χ1) is 29.5. The fourth-order valence-corrected chi connectivity index (χ4v) is 8.76. The number of aromatic carboxylic acids is 1. The Labute approximate surface area is 364 Å². The van der Waals surface area contributed by atoms with Crippen LogP contribution in [0.2, 0.25) is 0 Å². The van der Waals surface area contributed by atoms with E-state index in [1.165, 1.54) is 23.1 Å². The summed E-state index contributed by atoms with van der Waals surface area (Å²) < 4.78 is 156. The minimum Gasteiger partial charge on any atom is -0.478 e. The second kappa shape index (κ2) is 19.8. The van der Waals surface area contributed by atoms with Crippen molar-refractivity contribution < 1.29 is 79.1 Å². The fourth-order valence-electron chi connectivity index (χ4n) is 5.09. The number of carbonyl (C=O) groups is 1. The number of rotatable bonds is 20. The molecular weight excluding hydrogens is 959 g/mol. The van der Waals surface area contributed by atoms with Crippen LogP contribution in [-0.4, -0.2) is 111 Å². The number of anilines is 3. The number of benzene rings is 4. The lowest BCUT2D eigenvalue weighted by molar-refractivity contribution is 0.0698. The molecule has 346 valence electrons. The van der Waals surface area contributed by atoms with Gasteiger partial charge in [-0.05, 0) is 48.5 Å². The van der Waals surface area contributed by atoms with Gasteiger partial charge < -0.3 is 26.6 Å². The third kappa shape index (κ3) is 13.3. The Morgan fingerprint density at radius 1 is 0.641 bits per heavy atom. The highest BCUT2D eigenvalue weighted by molar-refractivity contribution is 7.91. The van der Waals surface area contributed by atoms with Crippen LogP contribution in [-0.2, 0) is 65.6 Å². The molecule has 0 atom stereocenters. The Balaban J connectivity index is 1.97. The van der Waals surface area contributed by atoms with Crippen LogP contribution in [0.5, 0.6) is 0 Å². The first-order valence-electron chi connectivity index (χ1n) is 17.1. The summed E-state index contributed by atoms with van der Waals surface area (Å²) in [6.45, 7) is -2.76. The van der Waals surface area contributed by atoms with E-state index in [4.69, 9.17) is 20.6 Å². The highest BCUT2D eigenvalue weighted by Gasteiger charge is 2.28. The van der Waals surface area contributed by atoms with E-state index in [9.17, 15) is 61.6 Å². The third-order valence-electron chi connectivity index (χ3n) is 8.16. The van der Waals surface area contributed by atoms with Gasteiger partial charge in [0.25, 0.3) is 10.1 Å². The summed E-state index contributed by atoms with van der Waals surface area (Å²) in [5.74, 6) is -3.76. The van der Waals surface area contributed by atoms with Crippen LogP contribution in [0.1, 0.15) is 15.9 Å². The monoisotopic (exact) mass is 993 g/mol. The predicted molar refractivity (Wildman–Crippen MR) is 223 cm³/mol. The number of sulfone groups is 2. The van der Waals surface area contributed by atoms with Gasteiger partial charge in [0.1, 0.15) is 33.2 Å². The van der Waals surface area contributed by atoms with E-state index < -0.39 is 148 Å². The maximum Gasteiger partial charge on any atom is 0.397 e. The van der Waals surface area contributed by atoms with Gasteiger partial charge in [-0.2, -0.15) is 35.5 Å². The van der Waals surface area contributed by atoms with Crippen molar-refractivity contribution in [3.8, 4) is 0 Å². The van der Waals surface area contributed by atoms with Crippen LogP contribution in [0.15, 0.2) is 106 Å². The Morgan fingerprint density at radius 2 is 1.16 bits per heavy atom. The molecule has 0 aromatic heterocycles. The van der Waals surface area contributed by atoms with Crippen LogP contribution >= 0.6 is 0 Å². The maximum atomic E-state index is 13.0. The van der Waals surface area contributed by atoms with Gasteiger partial charge in [0, 0.05) is 25.3 Å². The molecule has 0 radical (unpaired) electrons. The van der Waals surface area contributed by atoms with Gasteiger partial charge in [-0.1, -0.05) is 12.1 Å². The van der Waals surface area contributed by atoms with E-state index >= 15 is 0 Å². The Kier molecular flexibility index (Phi) is 15.7. The molecule has 0 saturated carbocycles. The van der Waals surface area contributed by atoms with Crippen molar-refractivity contribution in [1.29, 1.82) is 0 Å². The summed E-state index contributed by atoms with van der Waals surface area (Å²) >= 11 is 0. The van der Waals surface area contributed by atoms with Crippen molar-refractivity contribution in [2.75, 3.05) is 55.2 Å². The average Bonchev–Trinajstić information content (AvgIpc) is 3.18. The molecule has 9 N–H and O–H groups in total. The first kappa shape index (κ1) is 50.7. The first-order valence-corrected chi connectivity index (χ1v) is 24.6. The van der Waals surface area contributed by atoms with Crippen molar-refractivity contribution in [2.45, 2.75) is 21.3 Å². The van der Waals surface area contributed by atoms with Crippen LogP contribution in [0.3, 0.4) is 0 Å². The molecule has 0 spiro atoms. The highest BCUT2D eigenvalue weighted by atomic mass is 32.3. The van der Waals surface area contributed by atoms with Crippen LogP contribution in [0.4, 0.5) is 51.2 Å². The molecule has 0 heterocycles. The second-order valence-corrected chi connectivity index (χ2v) is 20.5. The number of nitrogen functional groups attached to an aromatic ring is 2. The predicted octanol–water partition coefficient (Wildman–Crippen LogP) is 3.79. The molecule has 0 aliphatic rings. The minimum atomic E-state index is -5.00. The van der Waals surface area contributed by atoms with Crippen LogP contribution < -0.4 is 16.4 Å². The molecule has 0 amide bonds. The molecule has 0 aliphatic heterocycles. The number of hydrogen-bond acceptors (Lipinski definition) is 23. The Hall–Kier alpha value is -5.94. The van der Waals surface area contributed by atoms with Crippen molar-refractivity contribution in [3.63, 3.8) is 0 Å². The molecule has 64 heavy (non-hydrogen) atoms. The molecule has 0 aliphatic carbocycles. The number of hydrogen-bond donors (Lipinski definition) is 7. The lowest BCUT2D eigenvalue weighted by atomic mass is 10.1. The van der Waals surface area contributed by atoms with E-state index in [0.29, 0.717) is 0 Å². The van der Waals surface area contributed by atoms with Gasteiger partial charge in [0.2, 0.25) is 0 Å². The highest BCUT2D eigenvalue weighted by Crippen LogP contribution is 2.49. The molecular formula is C32H35N9O18S5. The maximum absolute atomic E-state index is 13.0. The van der Waals surface area contributed by atoms with Crippen molar-refractivity contribution >= 4 is 108 Å². The van der Waals surface area contributed by atoms with Gasteiger partial charge in [-0.3, -0.25) is 13.7 Å². The standard InChI is InChI=1S/C32H35N9O18S5/c1-41(2)20-7-9-23(25(15-20)62(49,50)51)36-38-29-26(32(43)44)30(39-37-24-16-22(8-6-18(24)17-42)61(47,48)13-11-59-64(55,56)57)28(34)31(27(29)33)40-35-19-4-3-5-21(14-19)60(45,46)12-10-58-63(52,53)54/h3-9,14-16,42H,10-13,17,33-34H2,1-2H3,(H,43,44)(H,49,50,51)(H,52,53,54)(H,55,56,57). The summed E-state index contributed by atoms with van der Waals surface area (Å²) in [7, 11) is -20.5. The molecule has 0 fully saturated rings. The number of carboxylic acids is 1. The quantitative estimate of drug-likeness (QED) is 0.0376. The lowest BCUT2D eigenvalue weighted by Crippen LogP contribution is -2.15. The zero-order chi connectivity index (χ0) is 48.0. The number of aliphatic hydroxyl groups excluding tert-OH is 1. The number of azo groups is 3. The summed E-state index contributed by atoms with van der Waals surface area (Å²) in [5, 5.41) is 43.8. The second-order valence-electron chi connectivity index (χ2n) is 12.8. The van der Waals surface area contributed by atoms with E-state index in [0.717, 1.165) is 42.5 Å². The number of nitrogens with zero attached hydrogens (tertiary/aromatic N) is 7. The van der Waals surface area contributed by atoms with Crippen molar-refractivity contribution in [2.24, 2.45) is 30.7 Å². The van der Waals surface area contributed by atoms with Gasteiger partial charge in [0.05, 0.1) is 63.9 Å². The molecule has 4 aromatic carbocycles. The van der Waals surface area contributed by atoms with Crippen LogP contribution in [0.25, 0.3) is 0 Å². The van der Waals surface area contributed by atoms with E-state index in [2.05, 4.69) is 39.1 Å². The molecule has 27 nitrogen and oxygen atoms in total. The summed E-state index contributed by atoms with van der Waals surface area (Å²) in [6, 6.07) is 11.0. The van der Waals surface area contributed by atoms with E-state index in [-0.39, 0.29) is 16.9 Å². The zero-order valence-corrected chi connectivity index (χ0v) is 36.8. The topological polar surface area (TPSA) is 437 Å². The van der Waals surface area contributed by atoms with Gasteiger partial charge in [-0.15, -0.1) is 20.5 Å². The molecule has 4 rings (SSSR count). The van der Waals surface area contributed by atoms with E-state index in [1.54, 1.807) is 14.1 Å². The fraction of sp³-hybridized carbons (Fsp3) is 0.219. The smallest absolute Gasteiger partial charge is 0.397 e.